The van der Waals surface area contributed by atoms with E-state index in [2.05, 4.69) is 12.2 Å². The number of urea groups is 1. The summed E-state index contributed by atoms with van der Waals surface area (Å²) in [6.45, 7) is 0. The number of imide groups is 1. The van der Waals surface area contributed by atoms with Crippen LogP contribution in [0, 0.1) is 5.92 Å². The van der Waals surface area contributed by atoms with Gasteiger partial charge in [-0.1, -0.05) is 12.2 Å². The highest BCUT2D eigenvalue weighted by atomic mass is 16.2. The highest BCUT2D eigenvalue weighted by molar-refractivity contribution is 5.99. The third-order valence-corrected chi connectivity index (χ3v) is 4.08. The number of hydrogen-bond donors (Lipinski definition) is 0. The summed E-state index contributed by atoms with van der Waals surface area (Å²) >= 11 is 0. The van der Waals surface area contributed by atoms with Crippen LogP contribution >= 0.6 is 0 Å². The molecule has 1 heterocycles. The molecule has 2 aliphatic carbocycles. The molecule has 0 unspecified atom stereocenters. The molecule has 0 N–H and O–H groups in total. The molecule has 2 fully saturated rings. The SMILES string of the molecule is CN1C(=O)[C@H]2C=C3CCCC3=C[C@H]2N(C)C1=O. The van der Waals surface area contributed by atoms with Gasteiger partial charge in [-0.05, 0) is 30.4 Å². The first-order chi connectivity index (χ1) is 8.09. The summed E-state index contributed by atoms with van der Waals surface area (Å²) in [5.74, 6) is -0.257. The quantitative estimate of drug-likeness (QED) is 0.635. The Bertz CT molecular complexity index is 464. The van der Waals surface area contributed by atoms with Crippen molar-refractivity contribution in [2.75, 3.05) is 14.1 Å². The zero-order valence-electron chi connectivity index (χ0n) is 10.1. The van der Waals surface area contributed by atoms with Crippen LogP contribution in [-0.4, -0.2) is 41.9 Å². The molecule has 4 heteroatoms. The first kappa shape index (κ1) is 10.6. The minimum absolute atomic E-state index is 0.0761. The summed E-state index contributed by atoms with van der Waals surface area (Å²) in [6.07, 6.45) is 7.52. The lowest BCUT2D eigenvalue weighted by Gasteiger charge is -2.41. The van der Waals surface area contributed by atoms with Crippen LogP contribution in [0.5, 0.6) is 0 Å². The van der Waals surface area contributed by atoms with Crippen molar-refractivity contribution in [2.24, 2.45) is 5.92 Å². The smallest absolute Gasteiger partial charge is 0.320 e. The Morgan fingerprint density at radius 2 is 1.76 bits per heavy atom. The van der Waals surface area contributed by atoms with Crippen LogP contribution in [-0.2, 0) is 4.79 Å². The van der Waals surface area contributed by atoms with Crippen LogP contribution < -0.4 is 0 Å². The van der Waals surface area contributed by atoms with E-state index in [4.69, 9.17) is 0 Å². The highest BCUT2D eigenvalue weighted by Gasteiger charge is 2.43. The normalized spacial score (nSPS) is 32.1. The second-order valence-electron chi connectivity index (χ2n) is 5.04. The van der Waals surface area contributed by atoms with Gasteiger partial charge in [0, 0.05) is 14.1 Å². The molecular formula is C13H16N2O2. The fourth-order valence-electron chi connectivity index (χ4n) is 3.05. The molecule has 0 spiro atoms. The maximum Gasteiger partial charge on any atom is 0.326 e. The van der Waals surface area contributed by atoms with Crippen LogP contribution in [0.4, 0.5) is 4.79 Å². The predicted molar refractivity (Wildman–Crippen MR) is 63.2 cm³/mol. The molecule has 0 aromatic rings. The van der Waals surface area contributed by atoms with Gasteiger partial charge in [0.15, 0.2) is 0 Å². The van der Waals surface area contributed by atoms with Crippen molar-refractivity contribution in [1.29, 1.82) is 0 Å². The van der Waals surface area contributed by atoms with E-state index in [1.165, 1.54) is 22.5 Å². The number of nitrogens with zero attached hydrogens (tertiary/aromatic N) is 2. The van der Waals surface area contributed by atoms with Crippen molar-refractivity contribution in [3.8, 4) is 0 Å². The van der Waals surface area contributed by atoms with Crippen LogP contribution in [0.1, 0.15) is 19.3 Å². The van der Waals surface area contributed by atoms with Crippen molar-refractivity contribution in [3.63, 3.8) is 0 Å². The van der Waals surface area contributed by atoms with E-state index in [0.717, 1.165) is 12.8 Å². The molecule has 0 radical (unpaired) electrons. The molecule has 3 rings (SSSR count). The van der Waals surface area contributed by atoms with Gasteiger partial charge in [0.05, 0.1) is 12.0 Å². The van der Waals surface area contributed by atoms with Gasteiger partial charge in [-0.25, -0.2) is 4.79 Å². The van der Waals surface area contributed by atoms with Crippen molar-refractivity contribution < 1.29 is 9.59 Å². The zero-order valence-corrected chi connectivity index (χ0v) is 10.1. The van der Waals surface area contributed by atoms with E-state index in [1.807, 2.05) is 0 Å². The fourth-order valence-corrected chi connectivity index (χ4v) is 3.05. The van der Waals surface area contributed by atoms with Gasteiger partial charge in [0.25, 0.3) is 0 Å². The molecule has 2 atom stereocenters. The summed E-state index contributed by atoms with van der Waals surface area (Å²) < 4.78 is 0. The summed E-state index contributed by atoms with van der Waals surface area (Å²) in [6, 6.07) is -0.286. The average molecular weight is 232 g/mol. The van der Waals surface area contributed by atoms with E-state index in [-0.39, 0.29) is 23.9 Å². The Morgan fingerprint density at radius 1 is 1.12 bits per heavy atom. The van der Waals surface area contributed by atoms with E-state index >= 15 is 0 Å². The Balaban J connectivity index is 2.02. The predicted octanol–water partition coefficient (Wildman–Crippen LogP) is 1.55. The van der Waals surface area contributed by atoms with Gasteiger partial charge >= 0.3 is 6.03 Å². The number of carbonyl (C=O) groups excluding carboxylic acids is 2. The number of amides is 3. The van der Waals surface area contributed by atoms with Gasteiger partial charge in [0.1, 0.15) is 0 Å². The molecule has 17 heavy (non-hydrogen) atoms. The summed E-state index contributed by atoms with van der Waals surface area (Å²) in [7, 11) is 3.33. The molecule has 0 aromatic heterocycles. The summed E-state index contributed by atoms with van der Waals surface area (Å²) in [5.41, 5.74) is 2.65. The summed E-state index contributed by atoms with van der Waals surface area (Å²) in [5, 5.41) is 0. The molecule has 3 amide bonds. The molecular weight excluding hydrogens is 216 g/mol. The number of rotatable bonds is 0. The van der Waals surface area contributed by atoms with Crippen molar-refractivity contribution >= 4 is 11.9 Å². The number of fused-ring (bicyclic) bond motifs is 2. The minimum Gasteiger partial charge on any atom is -0.320 e. The topological polar surface area (TPSA) is 40.6 Å². The van der Waals surface area contributed by atoms with Gasteiger partial charge < -0.3 is 4.90 Å². The maximum absolute atomic E-state index is 12.1. The molecule has 0 aromatic carbocycles. The first-order valence-electron chi connectivity index (χ1n) is 6.05. The maximum atomic E-state index is 12.1. The van der Waals surface area contributed by atoms with Crippen LogP contribution in [0.15, 0.2) is 23.3 Å². The van der Waals surface area contributed by atoms with Crippen molar-refractivity contribution in [2.45, 2.75) is 25.3 Å². The Hall–Kier alpha value is -1.58. The number of likely N-dealkylation sites (N-methyl/N-ethyl adjacent to an activating group) is 1. The Morgan fingerprint density at radius 3 is 2.47 bits per heavy atom. The number of allylic oxidation sites excluding steroid dienone is 2. The molecule has 1 saturated carbocycles. The molecule has 3 aliphatic rings. The number of carbonyl (C=O) groups is 2. The lowest BCUT2D eigenvalue weighted by atomic mass is 9.85. The molecule has 1 saturated heterocycles. The highest BCUT2D eigenvalue weighted by Crippen LogP contribution is 2.39. The third kappa shape index (κ3) is 1.36. The van der Waals surface area contributed by atoms with Crippen molar-refractivity contribution in [3.05, 3.63) is 23.3 Å². The first-order valence-corrected chi connectivity index (χ1v) is 6.05. The standard InChI is InChI=1S/C13H16N2O2/c1-14-11-7-9-5-3-4-8(9)6-10(11)12(16)15(2)13(14)17/h6-7,10-11H,3-5H2,1-2H3/t10-,11+/m0/s1. The van der Waals surface area contributed by atoms with Gasteiger partial charge in [-0.15, -0.1) is 0 Å². The van der Waals surface area contributed by atoms with E-state index < -0.39 is 0 Å². The summed E-state index contributed by atoms with van der Waals surface area (Å²) in [4.78, 5) is 26.9. The Kier molecular flexibility index (Phi) is 2.15. The lowest BCUT2D eigenvalue weighted by Crippen LogP contribution is -2.58. The van der Waals surface area contributed by atoms with Gasteiger partial charge in [-0.2, -0.15) is 0 Å². The molecule has 90 valence electrons. The molecule has 1 aliphatic heterocycles. The minimum atomic E-state index is -0.206. The lowest BCUT2D eigenvalue weighted by molar-refractivity contribution is -0.134. The largest absolute Gasteiger partial charge is 0.326 e. The van der Waals surface area contributed by atoms with Crippen LogP contribution in [0.2, 0.25) is 0 Å². The second kappa shape index (κ2) is 3.45. The number of hydrogen-bond acceptors (Lipinski definition) is 2. The third-order valence-electron chi connectivity index (χ3n) is 4.08. The van der Waals surface area contributed by atoms with Crippen LogP contribution in [0.3, 0.4) is 0 Å². The monoisotopic (exact) mass is 232 g/mol. The van der Waals surface area contributed by atoms with Crippen molar-refractivity contribution in [1.82, 2.24) is 9.80 Å². The average Bonchev–Trinajstić information content (AvgIpc) is 2.79. The molecule has 0 bridgehead atoms. The molecule has 4 nitrogen and oxygen atoms in total. The zero-order chi connectivity index (χ0) is 12.2. The van der Waals surface area contributed by atoms with E-state index in [1.54, 1.807) is 19.0 Å². The van der Waals surface area contributed by atoms with Gasteiger partial charge in [0.2, 0.25) is 5.91 Å². The van der Waals surface area contributed by atoms with E-state index in [9.17, 15) is 9.59 Å². The van der Waals surface area contributed by atoms with E-state index in [0.29, 0.717) is 0 Å². The Labute approximate surface area is 101 Å². The van der Waals surface area contributed by atoms with Crippen LogP contribution in [0.25, 0.3) is 0 Å². The fraction of sp³-hybridized carbons (Fsp3) is 0.538. The second-order valence-corrected chi connectivity index (χ2v) is 5.04. The van der Waals surface area contributed by atoms with Gasteiger partial charge in [-0.3, -0.25) is 9.69 Å².